The number of para-hydroxylation sites is 1. The SMILES string of the molecule is CCCN(c1cccnc1)c1cccc2c1OC[C@H]2N(C(=O)C(F)(F)F)c1ccc2c(c1)OC[C@H]2CC(=O)O. The number of benzene rings is 2. The molecule has 0 spiro atoms. The number of carboxylic acid groups (broad SMARTS) is 1. The molecule has 2 atom stereocenters. The molecule has 1 amide bonds. The Morgan fingerprint density at radius 1 is 1.05 bits per heavy atom. The summed E-state index contributed by atoms with van der Waals surface area (Å²) in [5.41, 5.74) is 2.47. The van der Waals surface area contributed by atoms with Crippen molar-refractivity contribution in [2.45, 2.75) is 37.9 Å². The molecule has 5 rings (SSSR count). The van der Waals surface area contributed by atoms with Crippen molar-refractivity contribution in [1.82, 2.24) is 4.98 Å². The Labute approximate surface area is 222 Å². The van der Waals surface area contributed by atoms with Crippen molar-refractivity contribution >= 4 is 28.9 Å². The summed E-state index contributed by atoms with van der Waals surface area (Å²) in [7, 11) is 0. The first kappa shape index (κ1) is 26.3. The highest BCUT2D eigenvalue weighted by Gasteiger charge is 2.48. The zero-order chi connectivity index (χ0) is 27.7. The normalized spacial score (nSPS) is 17.5. The molecule has 3 heterocycles. The second-order valence-electron chi connectivity index (χ2n) is 9.39. The summed E-state index contributed by atoms with van der Waals surface area (Å²) in [6.45, 7) is 2.54. The number of fused-ring (bicyclic) bond motifs is 2. The van der Waals surface area contributed by atoms with Crippen LogP contribution in [0.15, 0.2) is 60.9 Å². The van der Waals surface area contributed by atoms with Gasteiger partial charge in [0.25, 0.3) is 0 Å². The fourth-order valence-corrected chi connectivity index (χ4v) is 5.14. The third-order valence-corrected chi connectivity index (χ3v) is 6.81. The second-order valence-corrected chi connectivity index (χ2v) is 9.39. The lowest BCUT2D eigenvalue weighted by Crippen LogP contribution is -2.44. The van der Waals surface area contributed by atoms with Gasteiger partial charge < -0.3 is 19.5 Å². The standard InChI is InChI=1S/C28H26F3N3O5/c1-2-11-33(19-5-4-10-32-14-19)22-7-3-6-21-23(16-39-26(21)22)34(27(37)28(29,30)31)18-8-9-20-17(12-25(35)36)15-38-24(20)13-18/h3-10,13-14,17,23H,2,11-12,15-16H2,1H3,(H,35,36)/t17-,23-/m1/s1. The van der Waals surface area contributed by atoms with Crippen molar-refractivity contribution < 1.29 is 37.3 Å². The van der Waals surface area contributed by atoms with Gasteiger partial charge in [0.15, 0.2) is 0 Å². The average Bonchev–Trinajstić information content (AvgIpc) is 3.51. The zero-order valence-electron chi connectivity index (χ0n) is 21.0. The van der Waals surface area contributed by atoms with Crippen molar-refractivity contribution in [2.24, 2.45) is 0 Å². The molecule has 0 saturated heterocycles. The second kappa shape index (κ2) is 10.5. The van der Waals surface area contributed by atoms with E-state index in [4.69, 9.17) is 14.6 Å². The minimum Gasteiger partial charge on any atom is -0.493 e. The third kappa shape index (κ3) is 5.08. The van der Waals surface area contributed by atoms with Gasteiger partial charge in [0.05, 0.1) is 36.6 Å². The average molecular weight is 542 g/mol. The lowest BCUT2D eigenvalue weighted by atomic mass is 9.97. The number of aromatic nitrogens is 1. The molecule has 39 heavy (non-hydrogen) atoms. The number of alkyl halides is 3. The van der Waals surface area contributed by atoms with Crippen LogP contribution in [0.5, 0.6) is 11.5 Å². The van der Waals surface area contributed by atoms with E-state index in [0.29, 0.717) is 34.0 Å². The first-order valence-corrected chi connectivity index (χ1v) is 12.5. The monoisotopic (exact) mass is 541 g/mol. The van der Waals surface area contributed by atoms with Crippen LogP contribution in [0, 0.1) is 0 Å². The van der Waals surface area contributed by atoms with Gasteiger partial charge in [-0.1, -0.05) is 25.1 Å². The van der Waals surface area contributed by atoms with E-state index >= 15 is 0 Å². The van der Waals surface area contributed by atoms with Gasteiger partial charge in [-0.2, -0.15) is 13.2 Å². The van der Waals surface area contributed by atoms with E-state index in [1.54, 1.807) is 30.6 Å². The maximum absolute atomic E-state index is 13.9. The molecule has 1 aromatic heterocycles. The molecule has 11 heteroatoms. The van der Waals surface area contributed by atoms with Gasteiger partial charge >= 0.3 is 18.1 Å². The number of nitrogens with zero attached hydrogens (tertiary/aromatic N) is 3. The van der Waals surface area contributed by atoms with Gasteiger partial charge in [-0.25, -0.2) is 0 Å². The largest absolute Gasteiger partial charge is 0.493 e. The number of anilines is 3. The molecule has 8 nitrogen and oxygen atoms in total. The highest BCUT2D eigenvalue weighted by Crippen LogP contribution is 2.48. The minimum absolute atomic E-state index is 0.0171. The fraction of sp³-hybridized carbons (Fsp3) is 0.321. The van der Waals surface area contributed by atoms with Crippen LogP contribution in [0.3, 0.4) is 0 Å². The van der Waals surface area contributed by atoms with Crippen molar-refractivity contribution in [1.29, 1.82) is 0 Å². The van der Waals surface area contributed by atoms with E-state index in [9.17, 15) is 22.8 Å². The lowest BCUT2D eigenvalue weighted by molar-refractivity contribution is -0.171. The molecule has 1 N–H and O–H groups in total. The first-order chi connectivity index (χ1) is 18.7. The summed E-state index contributed by atoms with van der Waals surface area (Å²) >= 11 is 0. The van der Waals surface area contributed by atoms with E-state index in [0.717, 1.165) is 12.1 Å². The number of carboxylic acids is 1. The van der Waals surface area contributed by atoms with Gasteiger partial charge in [-0.15, -0.1) is 0 Å². The van der Waals surface area contributed by atoms with Crippen LogP contribution in [0.1, 0.15) is 42.9 Å². The molecule has 2 aromatic carbocycles. The number of hydrogen-bond acceptors (Lipinski definition) is 6. The predicted octanol–water partition coefficient (Wildman–Crippen LogP) is 5.61. The van der Waals surface area contributed by atoms with Crippen LogP contribution in [0.2, 0.25) is 0 Å². The van der Waals surface area contributed by atoms with Crippen LogP contribution in [-0.2, 0) is 9.59 Å². The van der Waals surface area contributed by atoms with E-state index < -0.39 is 30.0 Å². The molecule has 0 aliphatic carbocycles. The highest BCUT2D eigenvalue weighted by molar-refractivity contribution is 5.98. The number of aliphatic carboxylic acids is 1. The smallest absolute Gasteiger partial charge is 0.471 e. The summed E-state index contributed by atoms with van der Waals surface area (Å²) < 4.78 is 53.2. The summed E-state index contributed by atoms with van der Waals surface area (Å²) in [6, 6.07) is 12.1. The molecule has 2 aliphatic heterocycles. The van der Waals surface area contributed by atoms with Gasteiger partial charge in [0, 0.05) is 41.5 Å². The maximum atomic E-state index is 13.9. The number of carbonyl (C=O) groups is 2. The Kier molecular flexibility index (Phi) is 7.07. The summed E-state index contributed by atoms with van der Waals surface area (Å²) in [4.78, 5) is 30.9. The number of rotatable bonds is 8. The summed E-state index contributed by atoms with van der Waals surface area (Å²) in [5.74, 6) is -2.80. The molecule has 2 aliphatic rings. The Bertz CT molecular complexity index is 1380. The maximum Gasteiger partial charge on any atom is 0.471 e. The Balaban J connectivity index is 1.56. The van der Waals surface area contributed by atoms with E-state index in [1.165, 1.54) is 18.2 Å². The molecule has 0 saturated carbocycles. The quantitative estimate of drug-likeness (QED) is 0.396. The molecule has 0 radical (unpaired) electrons. The van der Waals surface area contributed by atoms with Gasteiger partial charge in [0.1, 0.15) is 18.1 Å². The third-order valence-electron chi connectivity index (χ3n) is 6.81. The van der Waals surface area contributed by atoms with Crippen LogP contribution in [-0.4, -0.2) is 47.9 Å². The van der Waals surface area contributed by atoms with Crippen molar-refractivity contribution in [2.75, 3.05) is 29.6 Å². The van der Waals surface area contributed by atoms with Gasteiger partial charge in [-0.3, -0.25) is 19.5 Å². The van der Waals surface area contributed by atoms with Crippen LogP contribution >= 0.6 is 0 Å². The highest BCUT2D eigenvalue weighted by atomic mass is 19.4. The zero-order valence-corrected chi connectivity index (χ0v) is 21.0. The van der Waals surface area contributed by atoms with Crippen molar-refractivity contribution in [3.8, 4) is 11.5 Å². The van der Waals surface area contributed by atoms with Crippen molar-refractivity contribution in [3.63, 3.8) is 0 Å². The Morgan fingerprint density at radius 2 is 1.87 bits per heavy atom. The van der Waals surface area contributed by atoms with Crippen LogP contribution < -0.4 is 19.3 Å². The Morgan fingerprint density at radius 3 is 2.56 bits per heavy atom. The molecule has 3 aromatic rings. The molecule has 0 unspecified atom stereocenters. The van der Waals surface area contributed by atoms with E-state index in [-0.39, 0.29) is 31.1 Å². The molecular weight excluding hydrogens is 515 g/mol. The summed E-state index contributed by atoms with van der Waals surface area (Å²) in [6.07, 6.45) is -1.17. The fourth-order valence-electron chi connectivity index (χ4n) is 5.14. The van der Waals surface area contributed by atoms with E-state index in [1.807, 2.05) is 24.0 Å². The number of pyridine rings is 1. The van der Waals surface area contributed by atoms with Gasteiger partial charge in [0.2, 0.25) is 0 Å². The van der Waals surface area contributed by atoms with Crippen LogP contribution in [0.4, 0.5) is 30.2 Å². The van der Waals surface area contributed by atoms with Crippen LogP contribution in [0.25, 0.3) is 0 Å². The first-order valence-electron chi connectivity index (χ1n) is 12.5. The number of halogens is 3. The van der Waals surface area contributed by atoms with Gasteiger partial charge in [-0.05, 0) is 30.7 Å². The Hall–Kier alpha value is -4.28. The number of ether oxygens (including phenoxy) is 2. The van der Waals surface area contributed by atoms with E-state index in [2.05, 4.69) is 4.98 Å². The molecular formula is C28H26F3N3O5. The number of carbonyl (C=O) groups excluding carboxylic acids is 1. The number of amides is 1. The molecule has 204 valence electrons. The number of hydrogen-bond donors (Lipinski definition) is 1. The van der Waals surface area contributed by atoms with Crippen molar-refractivity contribution in [3.05, 3.63) is 72.1 Å². The minimum atomic E-state index is -5.14. The predicted molar refractivity (Wildman–Crippen MR) is 137 cm³/mol. The topological polar surface area (TPSA) is 92.2 Å². The summed E-state index contributed by atoms with van der Waals surface area (Å²) in [5, 5.41) is 9.15. The molecule has 0 bridgehead atoms. The lowest BCUT2D eigenvalue weighted by Gasteiger charge is -2.30. The molecule has 0 fully saturated rings.